The van der Waals surface area contributed by atoms with Crippen LogP contribution in [0.2, 0.25) is 0 Å². The number of rotatable bonds is 5. The van der Waals surface area contributed by atoms with Crippen LogP contribution in [-0.2, 0) is 4.74 Å². The van der Waals surface area contributed by atoms with Gasteiger partial charge in [-0.2, -0.15) is 0 Å². The van der Waals surface area contributed by atoms with Gasteiger partial charge in [-0.1, -0.05) is 13.0 Å². The lowest BCUT2D eigenvalue weighted by atomic mass is 9.91. The molecule has 4 heteroatoms. The SMILES string of the molecule is CCOC(C)(CC)C(=O)c1ccc(C)c(F)c1F. The van der Waals surface area contributed by atoms with Gasteiger partial charge < -0.3 is 4.74 Å². The van der Waals surface area contributed by atoms with E-state index in [4.69, 9.17) is 4.74 Å². The zero-order valence-electron chi connectivity index (χ0n) is 11.1. The van der Waals surface area contributed by atoms with Gasteiger partial charge in [-0.25, -0.2) is 8.78 Å². The van der Waals surface area contributed by atoms with E-state index in [0.717, 1.165) is 0 Å². The second-order valence-electron chi connectivity index (χ2n) is 4.40. The number of aryl methyl sites for hydroxylation is 1. The first-order valence-electron chi connectivity index (χ1n) is 6.00. The number of ketones is 1. The topological polar surface area (TPSA) is 26.3 Å². The van der Waals surface area contributed by atoms with Crippen LogP contribution < -0.4 is 0 Å². The monoisotopic (exact) mass is 256 g/mol. The van der Waals surface area contributed by atoms with E-state index in [9.17, 15) is 13.6 Å². The van der Waals surface area contributed by atoms with E-state index in [2.05, 4.69) is 0 Å². The molecule has 0 saturated heterocycles. The molecule has 0 bridgehead atoms. The van der Waals surface area contributed by atoms with Gasteiger partial charge in [0.2, 0.25) is 0 Å². The fourth-order valence-electron chi connectivity index (χ4n) is 1.75. The summed E-state index contributed by atoms with van der Waals surface area (Å²) in [4.78, 5) is 12.2. The normalized spacial score (nSPS) is 14.3. The first-order valence-corrected chi connectivity index (χ1v) is 6.00. The molecule has 0 aliphatic carbocycles. The zero-order valence-corrected chi connectivity index (χ0v) is 11.1. The molecule has 1 aromatic rings. The van der Waals surface area contributed by atoms with Crippen molar-refractivity contribution in [2.75, 3.05) is 6.61 Å². The van der Waals surface area contributed by atoms with Gasteiger partial charge in [-0.05, 0) is 38.8 Å². The minimum absolute atomic E-state index is 0.179. The number of Topliss-reactive ketones (excluding diaryl/α,β-unsaturated/α-hetero) is 1. The summed E-state index contributed by atoms with van der Waals surface area (Å²) in [7, 11) is 0. The number of hydrogen-bond acceptors (Lipinski definition) is 2. The molecule has 0 spiro atoms. The van der Waals surface area contributed by atoms with Gasteiger partial charge in [0.05, 0.1) is 5.56 Å². The molecule has 0 aliphatic rings. The lowest BCUT2D eigenvalue weighted by molar-refractivity contribution is -0.0119. The van der Waals surface area contributed by atoms with Gasteiger partial charge in [0.25, 0.3) is 0 Å². The van der Waals surface area contributed by atoms with E-state index in [0.29, 0.717) is 13.0 Å². The molecule has 1 atom stereocenters. The fourth-order valence-corrected chi connectivity index (χ4v) is 1.75. The highest BCUT2D eigenvalue weighted by Crippen LogP contribution is 2.25. The highest BCUT2D eigenvalue weighted by Gasteiger charge is 2.35. The standard InChI is InChI=1S/C14H18F2O2/c1-5-14(4,18-6-2)13(17)10-8-7-9(3)11(15)12(10)16/h7-8H,5-6H2,1-4H3. The first-order chi connectivity index (χ1) is 8.37. The molecule has 1 unspecified atom stereocenters. The second-order valence-corrected chi connectivity index (χ2v) is 4.40. The summed E-state index contributed by atoms with van der Waals surface area (Å²) in [5, 5.41) is 0. The number of carbonyl (C=O) groups is 1. The van der Waals surface area contributed by atoms with Gasteiger partial charge in [0.1, 0.15) is 5.60 Å². The molecule has 2 nitrogen and oxygen atoms in total. The van der Waals surface area contributed by atoms with Crippen LogP contribution in [0.5, 0.6) is 0 Å². The van der Waals surface area contributed by atoms with E-state index < -0.39 is 23.0 Å². The maximum Gasteiger partial charge on any atom is 0.197 e. The predicted octanol–water partition coefficient (Wildman–Crippen LogP) is 3.66. The lowest BCUT2D eigenvalue weighted by Crippen LogP contribution is -2.38. The van der Waals surface area contributed by atoms with Crippen molar-refractivity contribution in [2.24, 2.45) is 0 Å². The van der Waals surface area contributed by atoms with Crippen molar-refractivity contribution >= 4 is 5.78 Å². The summed E-state index contributed by atoms with van der Waals surface area (Å²) in [6.45, 7) is 6.92. The van der Waals surface area contributed by atoms with Crippen molar-refractivity contribution in [1.29, 1.82) is 0 Å². The largest absolute Gasteiger partial charge is 0.367 e. The highest BCUT2D eigenvalue weighted by atomic mass is 19.2. The molecule has 0 fully saturated rings. The summed E-state index contributed by atoms with van der Waals surface area (Å²) >= 11 is 0. The minimum Gasteiger partial charge on any atom is -0.367 e. The number of benzene rings is 1. The Kier molecular flexibility index (Phi) is 4.57. The van der Waals surface area contributed by atoms with Crippen LogP contribution in [-0.4, -0.2) is 18.0 Å². The van der Waals surface area contributed by atoms with Crippen LogP contribution in [0.15, 0.2) is 12.1 Å². The summed E-state index contributed by atoms with van der Waals surface area (Å²) in [5.74, 6) is -2.60. The predicted molar refractivity (Wildman–Crippen MR) is 65.7 cm³/mol. The first kappa shape index (κ1) is 14.8. The third-order valence-corrected chi connectivity index (χ3v) is 3.14. The molecule has 0 N–H and O–H groups in total. The van der Waals surface area contributed by atoms with Crippen LogP contribution in [0.3, 0.4) is 0 Å². The van der Waals surface area contributed by atoms with Gasteiger partial charge in [-0.15, -0.1) is 0 Å². The Labute approximate surface area is 106 Å². The maximum absolute atomic E-state index is 13.8. The Morgan fingerprint density at radius 1 is 1.28 bits per heavy atom. The minimum atomic E-state index is -1.11. The Balaban J connectivity index is 3.22. The summed E-state index contributed by atoms with van der Waals surface area (Å²) in [6.07, 6.45) is 0.397. The molecule has 0 aromatic heterocycles. The summed E-state index contributed by atoms with van der Waals surface area (Å²) in [5.41, 5.74) is -1.19. The lowest BCUT2D eigenvalue weighted by Gasteiger charge is -2.26. The van der Waals surface area contributed by atoms with Gasteiger partial charge in [0.15, 0.2) is 17.4 Å². The molecule has 0 saturated carbocycles. The van der Waals surface area contributed by atoms with Gasteiger partial charge >= 0.3 is 0 Å². The number of hydrogen-bond donors (Lipinski definition) is 0. The van der Waals surface area contributed by atoms with Crippen LogP contribution in [0, 0.1) is 18.6 Å². The van der Waals surface area contributed by atoms with Crippen LogP contribution in [0.25, 0.3) is 0 Å². The van der Waals surface area contributed by atoms with E-state index in [1.54, 1.807) is 20.8 Å². The molecule has 0 aliphatic heterocycles. The van der Waals surface area contributed by atoms with E-state index in [1.807, 2.05) is 0 Å². The maximum atomic E-state index is 13.8. The molecule has 1 rings (SSSR count). The van der Waals surface area contributed by atoms with Crippen molar-refractivity contribution < 1.29 is 18.3 Å². The smallest absolute Gasteiger partial charge is 0.197 e. The quantitative estimate of drug-likeness (QED) is 0.751. The molecular weight excluding hydrogens is 238 g/mol. The summed E-state index contributed by atoms with van der Waals surface area (Å²) < 4.78 is 32.6. The van der Waals surface area contributed by atoms with Crippen molar-refractivity contribution in [3.8, 4) is 0 Å². The van der Waals surface area contributed by atoms with Crippen LogP contribution in [0.4, 0.5) is 8.78 Å². The molecule has 0 radical (unpaired) electrons. The Hall–Kier alpha value is -1.29. The molecular formula is C14H18F2O2. The average molecular weight is 256 g/mol. The van der Waals surface area contributed by atoms with Crippen molar-refractivity contribution in [3.05, 3.63) is 34.9 Å². The number of ether oxygens (including phenoxy) is 1. The van der Waals surface area contributed by atoms with E-state index >= 15 is 0 Å². The van der Waals surface area contributed by atoms with Crippen LogP contribution >= 0.6 is 0 Å². The molecule has 100 valence electrons. The Morgan fingerprint density at radius 3 is 2.39 bits per heavy atom. The highest BCUT2D eigenvalue weighted by molar-refractivity contribution is 6.02. The van der Waals surface area contributed by atoms with Crippen molar-refractivity contribution in [1.82, 2.24) is 0 Å². The Bertz CT molecular complexity index is 457. The average Bonchev–Trinajstić information content (AvgIpc) is 2.35. The van der Waals surface area contributed by atoms with E-state index in [-0.39, 0.29) is 11.1 Å². The third kappa shape index (κ3) is 2.58. The van der Waals surface area contributed by atoms with Gasteiger partial charge in [0, 0.05) is 6.61 Å². The molecule has 0 amide bonds. The third-order valence-electron chi connectivity index (χ3n) is 3.14. The van der Waals surface area contributed by atoms with Crippen molar-refractivity contribution in [3.63, 3.8) is 0 Å². The number of halogens is 2. The molecule has 18 heavy (non-hydrogen) atoms. The van der Waals surface area contributed by atoms with E-state index in [1.165, 1.54) is 19.1 Å². The zero-order chi connectivity index (χ0) is 13.9. The molecule has 0 heterocycles. The Morgan fingerprint density at radius 2 is 1.89 bits per heavy atom. The molecule has 1 aromatic carbocycles. The van der Waals surface area contributed by atoms with Crippen molar-refractivity contribution in [2.45, 2.75) is 39.7 Å². The summed E-state index contributed by atoms with van der Waals surface area (Å²) in [6, 6.07) is 2.71. The fraction of sp³-hybridized carbons (Fsp3) is 0.500. The van der Waals surface area contributed by atoms with Crippen LogP contribution in [0.1, 0.15) is 43.1 Å². The van der Waals surface area contributed by atoms with Gasteiger partial charge in [-0.3, -0.25) is 4.79 Å². The second kappa shape index (κ2) is 5.57. The number of carbonyl (C=O) groups excluding carboxylic acids is 1.